The number of amidine groups is 1. The second-order valence-electron chi connectivity index (χ2n) is 7.41. The van der Waals surface area contributed by atoms with Crippen molar-refractivity contribution in [1.82, 2.24) is 5.32 Å². The second kappa shape index (κ2) is 9.07. The first-order valence-corrected chi connectivity index (χ1v) is 9.37. The van der Waals surface area contributed by atoms with Crippen LogP contribution < -0.4 is 5.32 Å². The lowest BCUT2D eigenvalue weighted by Gasteiger charge is -2.31. The van der Waals surface area contributed by atoms with E-state index in [2.05, 4.69) is 22.0 Å². The van der Waals surface area contributed by atoms with Crippen molar-refractivity contribution in [3.63, 3.8) is 0 Å². The van der Waals surface area contributed by atoms with E-state index in [0.717, 1.165) is 25.1 Å². The normalized spacial score (nSPS) is 17.6. The van der Waals surface area contributed by atoms with Gasteiger partial charge in [0, 0.05) is 18.2 Å². The third-order valence-corrected chi connectivity index (χ3v) is 5.39. The van der Waals surface area contributed by atoms with Gasteiger partial charge in [0.1, 0.15) is 5.82 Å². The molecule has 1 unspecified atom stereocenters. The van der Waals surface area contributed by atoms with E-state index in [0.29, 0.717) is 17.9 Å². The van der Waals surface area contributed by atoms with Crippen LogP contribution in [-0.2, 0) is 0 Å². The molecule has 2 rings (SSSR count). The molecule has 1 aliphatic rings. The lowest BCUT2D eigenvalue weighted by Crippen LogP contribution is -2.37. The average Bonchev–Trinajstić information content (AvgIpc) is 3.45. The van der Waals surface area contributed by atoms with Crippen molar-refractivity contribution < 1.29 is 22.4 Å². The fraction of sp³-hybridized carbons (Fsp3) is 0.450. The van der Waals surface area contributed by atoms with Crippen molar-refractivity contribution in [2.45, 2.75) is 39.3 Å². The number of rotatable bonds is 7. The predicted molar refractivity (Wildman–Crippen MR) is 106 cm³/mol. The van der Waals surface area contributed by atoms with Crippen LogP contribution in [0.3, 0.4) is 0 Å². The van der Waals surface area contributed by atoms with Crippen LogP contribution in [-0.4, -0.2) is 31.2 Å². The molecule has 0 heterocycles. The van der Waals surface area contributed by atoms with Crippen LogP contribution in [0.15, 0.2) is 40.0 Å². The maximum atomic E-state index is 13.6. The smallest absolute Gasteiger partial charge is 0.351 e. The van der Waals surface area contributed by atoms with Gasteiger partial charge in [-0.05, 0) is 43.7 Å². The molecule has 1 fully saturated rings. The summed E-state index contributed by atoms with van der Waals surface area (Å²) in [5, 5.41) is 2.44. The van der Waals surface area contributed by atoms with Crippen LogP contribution in [0.25, 0.3) is 0 Å². The van der Waals surface area contributed by atoms with Crippen molar-refractivity contribution in [3.8, 4) is 0 Å². The monoisotopic (exact) mass is 431 g/mol. The number of hydrogen-bond acceptors (Lipinski definition) is 2. The lowest BCUT2D eigenvalue weighted by atomic mass is 9.78. The van der Waals surface area contributed by atoms with Gasteiger partial charge in [0.15, 0.2) is 0 Å². The van der Waals surface area contributed by atoms with Gasteiger partial charge in [-0.1, -0.05) is 37.4 Å². The van der Waals surface area contributed by atoms with E-state index in [1.54, 1.807) is 6.92 Å². The molecule has 4 nitrogen and oxygen atoms in total. The van der Waals surface area contributed by atoms with E-state index in [4.69, 9.17) is 11.6 Å². The number of carbonyl (C=O) groups excluding carboxylic acids is 1. The summed E-state index contributed by atoms with van der Waals surface area (Å²) in [5.41, 5.74) is -0.0892. The Kier molecular flexibility index (Phi) is 7.21. The third kappa shape index (κ3) is 6.13. The molecule has 0 radical (unpaired) electrons. The van der Waals surface area contributed by atoms with Gasteiger partial charge in [0.2, 0.25) is 5.84 Å². The van der Waals surface area contributed by atoms with Gasteiger partial charge >= 0.3 is 6.18 Å². The van der Waals surface area contributed by atoms with E-state index in [-0.39, 0.29) is 17.1 Å². The topological polar surface area (TPSA) is 53.8 Å². The van der Waals surface area contributed by atoms with Gasteiger partial charge in [0.25, 0.3) is 5.91 Å². The SMILES string of the molecule is C=NC(=N/C=C(\C)C(C)(CNC(=O)c1cccc(F)c1Cl)CC1CC1)C(F)(F)F. The molecule has 1 saturated carbocycles. The van der Waals surface area contributed by atoms with Crippen molar-refractivity contribution in [1.29, 1.82) is 0 Å². The Morgan fingerprint density at radius 1 is 1.38 bits per heavy atom. The van der Waals surface area contributed by atoms with Crippen molar-refractivity contribution in [3.05, 3.63) is 46.4 Å². The van der Waals surface area contributed by atoms with E-state index in [1.807, 2.05) is 6.92 Å². The van der Waals surface area contributed by atoms with Gasteiger partial charge in [-0.2, -0.15) is 13.2 Å². The van der Waals surface area contributed by atoms with Gasteiger partial charge in [-0.15, -0.1) is 0 Å². The van der Waals surface area contributed by atoms with E-state index >= 15 is 0 Å². The van der Waals surface area contributed by atoms with E-state index < -0.39 is 29.2 Å². The number of hydrogen-bond donors (Lipinski definition) is 1. The number of carbonyl (C=O) groups is 1. The number of nitrogens with zero attached hydrogens (tertiary/aromatic N) is 2. The number of halogens is 5. The largest absolute Gasteiger partial charge is 0.451 e. The molecule has 158 valence electrons. The van der Waals surface area contributed by atoms with E-state index in [1.165, 1.54) is 12.1 Å². The molecule has 9 heteroatoms. The highest BCUT2D eigenvalue weighted by molar-refractivity contribution is 6.34. The third-order valence-electron chi connectivity index (χ3n) is 5.01. The Hall–Kier alpha value is -2.22. The molecule has 1 amide bonds. The zero-order chi connectivity index (χ0) is 21.8. The molecule has 1 aliphatic carbocycles. The molecule has 0 aromatic heterocycles. The maximum Gasteiger partial charge on any atom is 0.451 e. The Labute approximate surface area is 171 Å². The quantitative estimate of drug-likeness (QED) is 0.342. The molecular formula is C20H22ClF4N3O. The fourth-order valence-electron chi connectivity index (χ4n) is 2.90. The molecular weight excluding hydrogens is 410 g/mol. The molecule has 1 aromatic carbocycles. The summed E-state index contributed by atoms with van der Waals surface area (Å²) in [5.74, 6) is -2.17. The van der Waals surface area contributed by atoms with Crippen LogP contribution in [0.4, 0.5) is 17.6 Å². The first-order chi connectivity index (χ1) is 13.5. The highest BCUT2D eigenvalue weighted by Gasteiger charge is 2.37. The highest BCUT2D eigenvalue weighted by Crippen LogP contribution is 2.43. The standard InChI is InChI=1S/C20H22ClF4N3O/c1-12(10-27-18(26-3)20(23,24)25)19(2,9-13-7-8-13)11-28-17(29)14-5-4-6-15(22)16(14)21/h4-6,10,13H,3,7-9,11H2,1-2H3,(H,28,29)/b12-10+,27-18?. The first-order valence-electron chi connectivity index (χ1n) is 8.99. The van der Waals surface area contributed by atoms with Crippen molar-refractivity contribution in [2.75, 3.05) is 6.54 Å². The summed E-state index contributed by atoms with van der Waals surface area (Å²) in [6.07, 6.45) is -0.866. The zero-order valence-corrected chi connectivity index (χ0v) is 16.9. The zero-order valence-electron chi connectivity index (χ0n) is 16.1. The summed E-state index contributed by atoms with van der Waals surface area (Å²) in [7, 11) is 0. The Morgan fingerprint density at radius 3 is 2.59 bits per heavy atom. The summed E-state index contributed by atoms with van der Waals surface area (Å²) in [4.78, 5) is 18.8. The number of nitrogens with one attached hydrogen (secondary N) is 1. The van der Waals surface area contributed by atoms with Crippen molar-refractivity contribution >= 4 is 30.1 Å². The first kappa shape index (κ1) is 23.1. The highest BCUT2D eigenvalue weighted by atomic mass is 35.5. The predicted octanol–water partition coefficient (Wildman–Crippen LogP) is 5.58. The van der Waals surface area contributed by atoms with Gasteiger partial charge in [0.05, 0.1) is 10.6 Å². The van der Waals surface area contributed by atoms with Crippen LogP contribution >= 0.6 is 11.6 Å². The van der Waals surface area contributed by atoms with Crippen LogP contribution in [0.2, 0.25) is 5.02 Å². The Morgan fingerprint density at radius 2 is 2.03 bits per heavy atom. The maximum absolute atomic E-state index is 13.6. The molecule has 0 aliphatic heterocycles. The fourth-order valence-corrected chi connectivity index (χ4v) is 3.11. The number of benzene rings is 1. The minimum Gasteiger partial charge on any atom is -0.351 e. The molecule has 0 spiro atoms. The molecule has 1 atom stereocenters. The number of aliphatic imine (C=N–C) groups is 2. The van der Waals surface area contributed by atoms with Crippen LogP contribution in [0, 0.1) is 17.2 Å². The molecule has 0 saturated heterocycles. The summed E-state index contributed by atoms with van der Waals surface area (Å²) < 4.78 is 52.0. The average molecular weight is 432 g/mol. The summed E-state index contributed by atoms with van der Waals surface area (Å²) >= 11 is 5.85. The van der Waals surface area contributed by atoms with E-state index in [9.17, 15) is 22.4 Å². The molecule has 1 aromatic rings. The van der Waals surface area contributed by atoms with Crippen LogP contribution in [0.5, 0.6) is 0 Å². The van der Waals surface area contributed by atoms with Crippen molar-refractivity contribution in [2.24, 2.45) is 21.3 Å². The van der Waals surface area contributed by atoms with Gasteiger partial charge in [-0.3, -0.25) is 4.79 Å². The molecule has 29 heavy (non-hydrogen) atoms. The summed E-state index contributed by atoms with van der Waals surface area (Å²) in [6.45, 7) is 6.54. The number of amides is 1. The Bertz CT molecular complexity index is 847. The minimum absolute atomic E-state index is 0.00435. The van der Waals surface area contributed by atoms with Crippen LogP contribution in [0.1, 0.15) is 43.5 Å². The second-order valence-corrected chi connectivity index (χ2v) is 7.79. The lowest BCUT2D eigenvalue weighted by molar-refractivity contribution is -0.0596. The number of alkyl halides is 3. The minimum atomic E-state index is -4.70. The molecule has 1 N–H and O–H groups in total. The Balaban J connectivity index is 2.21. The van der Waals surface area contributed by atoms with Gasteiger partial charge < -0.3 is 5.32 Å². The molecule has 0 bridgehead atoms. The van der Waals surface area contributed by atoms with Gasteiger partial charge in [-0.25, -0.2) is 14.4 Å². The summed E-state index contributed by atoms with van der Waals surface area (Å²) in [6, 6.07) is 3.92.